The van der Waals surface area contributed by atoms with Crippen LogP contribution < -0.4 is 21.7 Å². The Kier molecular flexibility index (Phi) is 6.91. The summed E-state index contributed by atoms with van der Waals surface area (Å²) in [5.41, 5.74) is 7.47. The summed E-state index contributed by atoms with van der Waals surface area (Å²) in [6.45, 7) is 6.64. The molecule has 2 aromatic rings. The number of carbonyl (C=O) groups is 1. The molecule has 162 valence electrons. The number of rotatable bonds is 6. The largest absolute Gasteiger partial charge is 0.408 e. The van der Waals surface area contributed by atoms with Gasteiger partial charge < -0.3 is 26.9 Å². The first-order valence-corrected chi connectivity index (χ1v) is 10.4. The lowest BCUT2D eigenvalue weighted by molar-refractivity contribution is 0.0939. The van der Waals surface area contributed by atoms with E-state index in [1.54, 1.807) is 0 Å². The van der Waals surface area contributed by atoms with Crippen molar-refractivity contribution in [1.29, 1.82) is 0 Å². The molecule has 1 fully saturated rings. The minimum absolute atomic E-state index is 0.00848. The Morgan fingerprint density at radius 2 is 2.00 bits per heavy atom. The van der Waals surface area contributed by atoms with E-state index in [0.29, 0.717) is 23.8 Å². The summed E-state index contributed by atoms with van der Waals surface area (Å²) < 4.78 is 0. The Morgan fingerprint density at radius 3 is 2.70 bits per heavy atom. The van der Waals surface area contributed by atoms with Gasteiger partial charge in [-0.05, 0) is 37.8 Å². The van der Waals surface area contributed by atoms with Crippen molar-refractivity contribution in [3.05, 3.63) is 29.6 Å². The minimum atomic E-state index is -0.288. The topological polar surface area (TPSA) is 138 Å². The monoisotopic (exact) mass is 413 g/mol. The zero-order chi connectivity index (χ0) is 21.7. The molecule has 1 aromatic carbocycles. The molecule has 6 N–H and O–H groups in total. The summed E-state index contributed by atoms with van der Waals surface area (Å²) in [5.74, 6) is 0.806. The molecule has 2 atom stereocenters. The highest BCUT2D eigenvalue weighted by atomic mass is 16.4. The quantitative estimate of drug-likeness (QED) is 0.212. The van der Waals surface area contributed by atoms with Crippen LogP contribution in [0.25, 0.3) is 10.9 Å². The summed E-state index contributed by atoms with van der Waals surface area (Å²) in [4.78, 5) is 21.7. The summed E-state index contributed by atoms with van der Waals surface area (Å²) in [6, 6.07) is 5.90. The van der Waals surface area contributed by atoms with Gasteiger partial charge in [0.1, 0.15) is 5.82 Å². The lowest BCUT2D eigenvalue weighted by atomic mass is 9.90. The van der Waals surface area contributed by atoms with Crippen LogP contribution in [-0.4, -0.2) is 45.7 Å². The van der Waals surface area contributed by atoms with E-state index in [0.717, 1.165) is 36.6 Å². The van der Waals surface area contributed by atoms with Gasteiger partial charge in [0.05, 0.1) is 5.52 Å². The Balaban J connectivity index is 1.93. The van der Waals surface area contributed by atoms with Crippen LogP contribution in [-0.2, 0) is 0 Å². The van der Waals surface area contributed by atoms with E-state index in [-0.39, 0.29) is 29.8 Å². The predicted octanol–water partition coefficient (Wildman–Crippen LogP) is 2.34. The second-order valence-electron chi connectivity index (χ2n) is 8.29. The predicted molar refractivity (Wildman–Crippen MR) is 118 cm³/mol. The van der Waals surface area contributed by atoms with E-state index in [2.05, 4.69) is 31.1 Å². The SMILES string of the molecule is Cc1ccc2nc(C(=O)NCC(C)C)nc(N[C@H]3CCCC[C@H]3N/C(N)=N\O)c2c1. The van der Waals surface area contributed by atoms with Crippen molar-refractivity contribution in [3.63, 3.8) is 0 Å². The lowest BCUT2D eigenvalue weighted by Crippen LogP contribution is -2.51. The van der Waals surface area contributed by atoms with Gasteiger partial charge in [0.25, 0.3) is 5.91 Å². The van der Waals surface area contributed by atoms with Crippen LogP contribution >= 0.6 is 0 Å². The van der Waals surface area contributed by atoms with Gasteiger partial charge in [-0.15, -0.1) is 0 Å². The Hall–Kier alpha value is -3.10. The number of guanidine groups is 1. The Labute approximate surface area is 176 Å². The van der Waals surface area contributed by atoms with Crippen molar-refractivity contribution in [2.45, 2.75) is 58.5 Å². The first-order valence-electron chi connectivity index (χ1n) is 10.4. The number of carbonyl (C=O) groups excluding carboxylic acids is 1. The number of oxime groups is 1. The molecule has 0 unspecified atom stereocenters. The number of hydrogen-bond donors (Lipinski definition) is 5. The Morgan fingerprint density at radius 1 is 1.27 bits per heavy atom. The van der Waals surface area contributed by atoms with Gasteiger partial charge in [-0.2, -0.15) is 0 Å². The van der Waals surface area contributed by atoms with Gasteiger partial charge in [-0.25, -0.2) is 9.97 Å². The number of aromatic nitrogens is 2. The zero-order valence-electron chi connectivity index (χ0n) is 17.8. The van der Waals surface area contributed by atoms with Crippen LogP contribution in [0.5, 0.6) is 0 Å². The first kappa shape index (κ1) is 21.6. The highest BCUT2D eigenvalue weighted by Gasteiger charge is 2.27. The van der Waals surface area contributed by atoms with Gasteiger partial charge >= 0.3 is 0 Å². The van der Waals surface area contributed by atoms with Crippen LogP contribution in [0.15, 0.2) is 23.4 Å². The summed E-state index contributed by atoms with van der Waals surface area (Å²) in [6.07, 6.45) is 3.91. The van der Waals surface area contributed by atoms with Crippen molar-refractivity contribution in [2.75, 3.05) is 11.9 Å². The number of nitrogens with one attached hydrogen (secondary N) is 3. The number of hydrogen-bond acceptors (Lipinski definition) is 6. The lowest BCUT2D eigenvalue weighted by Gasteiger charge is -2.33. The van der Waals surface area contributed by atoms with Crippen molar-refractivity contribution in [1.82, 2.24) is 20.6 Å². The van der Waals surface area contributed by atoms with Crippen LogP contribution in [0.4, 0.5) is 5.82 Å². The maximum Gasteiger partial charge on any atom is 0.289 e. The second kappa shape index (κ2) is 9.60. The molecule has 9 nitrogen and oxygen atoms in total. The van der Waals surface area contributed by atoms with Crippen LogP contribution in [0.1, 0.15) is 55.7 Å². The minimum Gasteiger partial charge on any atom is -0.408 e. The molecule has 0 radical (unpaired) electrons. The molecule has 1 aliphatic carbocycles. The fourth-order valence-corrected chi connectivity index (χ4v) is 3.70. The van der Waals surface area contributed by atoms with Gasteiger partial charge in [0.2, 0.25) is 11.8 Å². The van der Waals surface area contributed by atoms with E-state index >= 15 is 0 Å². The number of fused-ring (bicyclic) bond motifs is 1. The standard InChI is InChI=1S/C21H31N7O2/c1-12(2)11-23-20(29)19-24-15-9-8-13(3)10-14(15)18(27-19)25-16-6-4-5-7-17(16)26-21(22)28-30/h8-10,12,16-17,30H,4-7,11H2,1-3H3,(H,23,29)(H3,22,26,28)(H,24,25,27)/t16-,17+/m0/s1. The molecule has 1 aromatic heterocycles. The third kappa shape index (κ3) is 5.28. The van der Waals surface area contributed by atoms with E-state index < -0.39 is 0 Å². The molecule has 3 rings (SSSR count). The maximum absolute atomic E-state index is 12.6. The number of aryl methyl sites for hydroxylation is 1. The highest BCUT2D eigenvalue weighted by molar-refractivity contribution is 5.96. The second-order valence-corrected chi connectivity index (χ2v) is 8.29. The smallest absolute Gasteiger partial charge is 0.289 e. The number of amides is 1. The summed E-state index contributed by atoms with van der Waals surface area (Å²) in [7, 11) is 0. The average Bonchev–Trinajstić information content (AvgIpc) is 2.73. The Bertz CT molecular complexity index is 929. The first-order chi connectivity index (χ1) is 14.4. The molecule has 9 heteroatoms. The van der Waals surface area contributed by atoms with Gasteiger partial charge in [0.15, 0.2) is 0 Å². The molecule has 30 heavy (non-hydrogen) atoms. The molecular formula is C21H31N7O2. The molecule has 1 amide bonds. The number of benzene rings is 1. The van der Waals surface area contributed by atoms with Crippen molar-refractivity contribution >= 4 is 28.6 Å². The van der Waals surface area contributed by atoms with E-state index in [4.69, 9.17) is 10.9 Å². The maximum atomic E-state index is 12.6. The normalized spacial score (nSPS) is 19.7. The third-order valence-electron chi connectivity index (χ3n) is 5.25. The molecule has 1 heterocycles. The van der Waals surface area contributed by atoms with Crippen molar-refractivity contribution < 1.29 is 10.0 Å². The highest BCUT2D eigenvalue weighted by Crippen LogP contribution is 2.27. The molecule has 1 aliphatic rings. The van der Waals surface area contributed by atoms with Gasteiger partial charge in [0, 0.05) is 24.0 Å². The molecule has 0 aliphatic heterocycles. The summed E-state index contributed by atoms with van der Waals surface area (Å²) >= 11 is 0. The summed E-state index contributed by atoms with van der Waals surface area (Å²) in [5, 5.41) is 22.3. The fourth-order valence-electron chi connectivity index (χ4n) is 3.70. The number of nitrogens with zero attached hydrogens (tertiary/aromatic N) is 3. The van der Waals surface area contributed by atoms with E-state index in [1.165, 1.54) is 0 Å². The van der Waals surface area contributed by atoms with E-state index in [9.17, 15) is 4.79 Å². The third-order valence-corrected chi connectivity index (χ3v) is 5.25. The average molecular weight is 414 g/mol. The van der Waals surface area contributed by atoms with Crippen LogP contribution in [0.2, 0.25) is 0 Å². The van der Waals surface area contributed by atoms with Crippen LogP contribution in [0, 0.1) is 12.8 Å². The molecule has 1 saturated carbocycles. The molecule has 0 saturated heterocycles. The van der Waals surface area contributed by atoms with Crippen molar-refractivity contribution in [2.24, 2.45) is 16.8 Å². The molecule has 0 spiro atoms. The van der Waals surface area contributed by atoms with Gasteiger partial charge in [-0.3, -0.25) is 4.79 Å². The van der Waals surface area contributed by atoms with Gasteiger partial charge in [-0.1, -0.05) is 43.5 Å². The van der Waals surface area contributed by atoms with Crippen LogP contribution in [0.3, 0.4) is 0 Å². The zero-order valence-corrected chi connectivity index (χ0v) is 17.8. The number of nitrogens with two attached hydrogens (primary N) is 1. The number of anilines is 1. The van der Waals surface area contributed by atoms with Crippen molar-refractivity contribution in [3.8, 4) is 0 Å². The fraction of sp³-hybridized carbons (Fsp3) is 0.524. The molecular weight excluding hydrogens is 382 g/mol. The molecule has 0 bridgehead atoms. The van der Waals surface area contributed by atoms with E-state index in [1.807, 2.05) is 39.0 Å².